The van der Waals surface area contributed by atoms with Crippen LogP contribution in [0.5, 0.6) is 0 Å². The monoisotopic (exact) mass is 201 g/mol. The zero-order valence-corrected chi connectivity index (χ0v) is 9.42. The number of ketones is 1. The maximum atomic E-state index is 11.3. The molecule has 0 rings (SSSR count). The Labute approximate surface area is 87.0 Å². The van der Waals surface area contributed by atoms with Crippen LogP contribution in [0.2, 0.25) is 0 Å². The number of hydrogen-bond acceptors (Lipinski definition) is 3. The third-order valence-corrected chi connectivity index (χ3v) is 2.14. The Morgan fingerprint density at radius 1 is 1.50 bits per heavy atom. The Morgan fingerprint density at radius 2 is 2.21 bits per heavy atom. The summed E-state index contributed by atoms with van der Waals surface area (Å²) < 4.78 is 5.23. The molecular weight excluding hydrogens is 178 g/mol. The van der Waals surface area contributed by atoms with E-state index in [1.54, 1.807) is 0 Å². The summed E-state index contributed by atoms with van der Waals surface area (Å²) in [5.41, 5.74) is 5.40. The van der Waals surface area contributed by atoms with E-state index in [9.17, 15) is 4.79 Å². The number of nitrogens with two attached hydrogens (primary N) is 1. The number of unbranched alkanes of at least 4 members (excludes halogenated alkanes) is 1. The summed E-state index contributed by atoms with van der Waals surface area (Å²) in [7, 11) is 0. The lowest BCUT2D eigenvalue weighted by molar-refractivity contribution is -0.124. The van der Waals surface area contributed by atoms with Crippen molar-refractivity contribution in [2.24, 2.45) is 11.7 Å². The number of hydrogen-bond donors (Lipinski definition) is 1. The Morgan fingerprint density at radius 3 is 2.79 bits per heavy atom. The van der Waals surface area contributed by atoms with Gasteiger partial charge in [0, 0.05) is 13.0 Å². The van der Waals surface area contributed by atoms with Gasteiger partial charge >= 0.3 is 0 Å². The van der Waals surface area contributed by atoms with Gasteiger partial charge in [-0.3, -0.25) is 4.79 Å². The van der Waals surface area contributed by atoms with Crippen molar-refractivity contribution in [3.05, 3.63) is 0 Å². The SMILES string of the molecule is CCCCOCC(=O)CC(C)CCN. The van der Waals surface area contributed by atoms with Crippen molar-refractivity contribution in [1.82, 2.24) is 0 Å². The Hall–Kier alpha value is -0.410. The third-order valence-electron chi connectivity index (χ3n) is 2.14. The highest BCUT2D eigenvalue weighted by atomic mass is 16.5. The van der Waals surface area contributed by atoms with E-state index in [1.807, 2.05) is 0 Å². The molecule has 0 saturated carbocycles. The summed E-state index contributed by atoms with van der Waals surface area (Å²) in [6, 6.07) is 0. The van der Waals surface area contributed by atoms with Crippen molar-refractivity contribution < 1.29 is 9.53 Å². The highest BCUT2D eigenvalue weighted by Gasteiger charge is 2.08. The molecule has 84 valence electrons. The van der Waals surface area contributed by atoms with E-state index in [2.05, 4.69) is 13.8 Å². The molecule has 0 aromatic rings. The molecule has 0 radical (unpaired) electrons. The highest BCUT2D eigenvalue weighted by molar-refractivity contribution is 5.79. The van der Waals surface area contributed by atoms with E-state index in [4.69, 9.17) is 10.5 Å². The highest BCUT2D eigenvalue weighted by Crippen LogP contribution is 2.06. The van der Waals surface area contributed by atoms with Crippen molar-refractivity contribution in [2.75, 3.05) is 19.8 Å². The number of carbonyl (C=O) groups excluding carboxylic acids is 1. The molecular formula is C11H23NO2. The van der Waals surface area contributed by atoms with Crippen LogP contribution in [0.15, 0.2) is 0 Å². The number of ether oxygens (including phenoxy) is 1. The van der Waals surface area contributed by atoms with Crippen LogP contribution in [0, 0.1) is 5.92 Å². The smallest absolute Gasteiger partial charge is 0.158 e. The van der Waals surface area contributed by atoms with Gasteiger partial charge in [0.1, 0.15) is 6.61 Å². The molecule has 0 aliphatic heterocycles. The quantitative estimate of drug-likeness (QED) is 0.578. The van der Waals surface area contributed by atoms with Crippen molar-refractivity contribution in [3.8, 4) is 0 Å². The fourth-order valence-corrected chi connectivity index (χ4v) is 1.27. The number of Topliss-reactive ketones (excluding diaryl/α,β-unsaturated/α-hetero) is 1. The molecule has 0 heterocycles. The molecule has 0 spiro atoms. The summed E-state index contributed by atoms with van der Waals surface area (Å²) in [6.45, 7) is 5.79. The van der Waals surface area contributed by atoms with Gasteiger partial charge in [-0.25, -0.2) is 0 Å². The maximum Gasteiger partial charge on any atom is 0.158 e. The van der Waals surface area contributed by atoms with Crippen LogP contribution in [-0.4, -0.2) is 25.5 Å². The summed E-state index contributed by atoms with van der Waals surface area (Å²) in [5.74, 6) is 0.587. The molecule has 0 aliphatic rings. The van der Waals surface area contributed by atoms with Crippen LogP contribution in [0.4, 0.5) is 0 Å². The number of carbonyl (C=O) groups is 1. The van der Waals surface area contributed by atoms with Crippen LogP contribution >= 0.6 is 0 Å². The Balaban J connectivity index is 3.35. The molecule has 1 unspecified atom stereocenters. The largest absolute Gasteiger partial charge is 0.374 e. The van der Waals surface area contributed by atoms with Crippen LogP contribution < -0.4 is 5.73 Å². The Kier molecular flexibility index (Phi) is 8.89. The van der Waals surface area contributed by atoms with Crippen LogP contribution in [0.1, 0.15) is 39.5 Å². The lowest BCUT2D eigenvalue weighted by Crippen LogP contribution is -2.15. The summed E-state index contributed by atoms with van der Waals surface area (Å²) in [6.07, 6.45) is 3.66. The topological polar surface area (TPSA) is 52.3 Å². The first kappa shape index (κ1) is 13.6. The van der Waals surface area contributed by atoms with Crippen molar-refractivity contribution in [2.45, 2.75) is 39.5 Å². The van der Waals surface area contributed by atoms with Gasteiger partial charge in [-0.1, -0.05) is 20.3 Å². The lowest BCUT2D eigenvalue weighted by Gasteiger charge is -2.08. The molecule has 0 aliphatic carbocycles. The van der Waals surface area contributed by atoms with Crippen LogP contribution in [-0.2, 0) is 9.53 Å². The predicted molar refractivity (Wildman–Crippen MR) is 58.2 cm³/mol. The molecule has 0 aromatic heterocycles. The molecule has 0 fully saturated rings. The van der Waals surface area contributed by atoms with E-state index in [1.165, 1.54) is 0 Å². The summed E-state index contributed by atoms with van der Waals surface area (Å²) in [4.78, 5) is 11.3. The van der Waals surface area contributed by atoms with Gasteiger partial charge in [-0.2, -0.15) is 0 Å². The third kappa shape index (κ3) is 8.20. The molecule has 3 heteroatoms. The minimum absolute atomic E-state index is 0.196. The van der Waals surface area contributed by atoms with Crippen molar-refractivity contribution in [3.63, 3.8) is 0 Å². The summed E-state index contributed by atoms with van der Waals surface area (Å²) >= 11 is 0. The van der Waals surface area contributed by atoms with E-state index in [-0.39, 0.29) is 12.4 Å². The zero-order chi connectivity index (χ0) is 10.8. The molecule has 0 bridgehead atoms. The fourth-order valence-electron chi connectivity index (χ4n) is 1.27. The average molecular weight is 201 g/mol. The fraction of sp³-hybridized carbons (Fsp3) is 0.909. The zero-order valence-electron chi connectivity index (χ0n) is 9.42. The van der Waals surface area contributed by atoms with E-state index < -0.39 is 0 Å². The number of rotatable bonds is 9. The molecule has 2 N–H and O–H groups in total. The standard InChI is InChI=1S/C11H23NO2/c1-3-4-7-14-9-11(13)8-10(2)5-6-12/h10H,3-9,12H2,1-2H3. The average Bonchev–Trinajstić information content (AvgIpc) is 2.13. The van der Waals surface area contributed by atoms with Gasteiger partial charge in [-0.05, 0) is 25.3 Å². The minimum Gasteiger partial charge on any atom is -0.374 e. The molecule has 0 saturated heterocycles. The van der Waals surface area contributed by atoms with E-state index in [0.717, 1.165) is 19.3 Å². The van der Waals surface area contributed by atoms with Crippen molar-refractivity contribution >= 4 is 5.78 Å². The first-order chi connectivity index (χ1) is 6.70. The first-order valence-corrected chi connectivity index (χ1v) is 5.50. The maximum absolute atomic E-state index is 11.3. The van der Waals surface area contributed by atoms with Gasteiger partial charge in [0.05, 0.1) is 0 Å². The second-order valence-electron chi connectivity index (χ2n) is 3.83. The summed E-state index contributed by atoms with van der Waals surface area (Å²) in [5, 5.41) is 0. The molecule has 3 nitrogen and oxygen atoms in total. The molecule has 14 heavy (non-hydrogen) atoms. The molecule has 1 atom stereocenters. The van der Waals surface area contributed by atoms with E-state index in [0.29, 0.717) is 25.5 Å². The normalized spacial score (nSPS) is 12.8. The van der Waals surface area contributed by atoms with Gasteiger partial charge in [-0.15, -0.1) is 0 Å². The minimum atomic E-state index is 0.196. The predicted octanol–water partition coefficient (Wildman–Crippen LogP) is 1.75. The second kappa shape index (κ2) is 9.16. The van der Waals surface area contributed by atoms with Gasteiger partial charge < -0.3 is 10.5 Å². The van der Waals surface area contributed by atoms with Crippen LogP contribution in [0.25, 0.3) is 0 Å². The van der Waals surface area contributed by atoms with Gasteiger partial charge in [0.25, 0.3) is 0 Å². The lowest BCUT2D eigenvalue weighted by atomic mass is 10.0. The second-order valence-corrected chi connectivity index (χ2v) is 3.83. The van der Waals surface area contributed by atoms with E-state index >= 15 is 0 Å². The molecule has 0 aromatic carbocycles. The Bertz CT molecular complexity index is 148. The van der Waals surface area contributed by atoms with Crippen molar-refractivity contribution in [1.29, 1.82) is 0 Å². The van der Waals surface area contributed by atoms with Gasteiger partial charge in [0.2, 0.25) is 0 Å². The van der Waals surface area contributed by atoms with Gasteiger partial charge in [0.15, 0.2) is 5.78 Å². The van der Waals surface area contributed by atoms with Crippen LogP contribution in [0.3, 0.4) is 0 Å². The first-order valence-electron chi connectivity index (χ1n) is 5.50. The molecule has 0 amide bonds.